The van der Waals surface area contributed by atoms with Gasteiger partial charge in [0.05, 0.1) is 13.2 Å². The van der Waals surface area contributed by atoms with Crippen molar-refractivity contribution < 1.29 is 4.74 Å². The first-order chi connectivity index (χ1) is 10.2. The molecule has 4 nitrogen and oxygen atoms in total. The van der Waals surface area contributed by atoms with E-state index >= 15 is 0 Å². The van der Waals surface area contributed by atoms with Crippen molar-refractivity contribution in [3.8, 4) is 5.75 Å². The van der Waals surface area contributed by atoms with Crippen molar-refractivity contribution in [2.45, 2.75) is 25.8 Å². The van der Waals surface area contributed by atoms with Gasteiger partial charge in [-0.05, 0) is 49.2 Å². The van der Waals surface area contributed by atoms with Gasteiger partial charge in [-0.2, -0.15) is 0 Å². The van der Waals surface area contributed by atoms with Gasteiger partial charge in [0, 0.05) is 16.9 Å². The molecular formula is C16H20BrN3O. The first kappa shape index (κ1) is 15.9. The van der Waals surface area contributed by atoms with Crippen LogP contribution in [-0.4, -0.2) is 23.6 Å². The maximum Gasteiger partial charge on any atom is 0.145 e. The highest BCUT2D eigenvalue weighted by molar-refractivity contribution is 9.10. The highest BCUT2D eigenvalue weighted by Crippen LogP contribution is 2.27. The standard InChI is InChI=1S/C16H20BrN3O/c1-3-7-18-14(16-19-8-4-9-20-16)11-12-10-13(17)5-6-15(12)21-2/h4-6,8-10,14,18H,3,7,11H2,1-2H3. The molecule has 21 heavy (non-hydrogen) atoms. The molecule has 0 saturated heterocycles. The largest absolute Gasteiger partial charge is 0.496 e. The van der Waals surface area contributed by atoms with E-state index in [1.165, 1.54) is 0 Å². The first-order valence-electron chi connectivity index (χ1n) is 7.07. The molecule has 2 rings (SSSR count). The predicted octanol–water partition coefficient (Wildman–Crippen LogP) is 3.53. The van der Waals surface area contributed by atoms with Crippen LogP contribution in [0.1, 0.15) is 30.8 Å². The lowest BCUT2D eigenvalue weighted by Crippen LogP contribution is -2.26. The van der Waals surface area contributed by atoms with Crippen LogP contribution in [0, 0.1) is 0 Å². The van der Waals surface area contributed by atoms with E-state index < -0.39 is 0 Å². The summed E-state index contributed by atoms with van der Waals surface area (Å²) in [6.07, 6.45) is 5.41. The minimum absolute atomic E-state index is 0.0781. The van der Waals surface area contributed by atoms with Crippen LogP contribution in [0.4, 0.5) is 0 Å². The second-order valence-electron chi connectivity index (χ2n) is 4.77. The third-order valence-electron chi connectivity index (χ3n) is 3.20. The molecule has 112 valence electrons. The fourth-order valence-corrected chi connectivity index (χ4v) is 2.60. The van der Waals surface area contributed by atoms with Gasteiger partial charge in [0.2, 0.25) is 0 Å². The smallest absolute Gasteiger partial charge is 0.145 e. The van der Waals surface area contributed by atoms with Gasteiger partial charge in [-0.1, -0.05) is 22.9 Å². The normalized spacial score (nSPS) is 12.1. The van der Waals surface area contributed by atoms with Crippen LogP contribution in [0.3, 0.4) is 0 Å². The van der Waals surface area contributed by atoms with Crippen LogP contribution in [0.15, 0.2) is 41.1 Å². The third-order valence-corrected chi connectivity index (χ3v) is 3.70. The average molecular weight is 350 g/mol. The van der Waals surface area contributed by atoms with Crippen LogP contribution in [-0.2, 0) is 6.42 Å². The maximum atomic E-state index is 5.45. The summed E-state index contributed by atoms with van der Waals surface area (Å²) in [5, 5.41) is 3.51. The van der Waals surface area contributed by atoms with E-state index in [2.05, 4.69) is 44.2 Å². The first-order valence-corrected chi connectivity index (χ1v) is 7.86. The van der Waals surface area contributed by atoms with Gasteiger partial charge < -0.3 is 10.1 Å². The van der Waals surface area contributed by atoms with Gasteiger partial charge in [-0.15, -0.1) is 0 Å². The Morgan fingerprint density at radius 1 is 1.29 bits per heavy atom. The molecule has 0 aliphatic heterocycles. The summed E-state index contributed by atoms with van der Waals surface area (Å²) in [6, 6.07) is 7.95. The summed E-state index contributed by atoms with van der Waals surface area (Å²) in [5.74, 6) is 1.70. The van der Waals surface area contributed by atoms with E-state index in [1.54, 1.807) is 19.5 Å². The van der Waals surface area contributed by atoms with Crippen molar-refractivity contribution in [3.63, 3.8) is 0 Å². The number of aromatic nitrogens is 2. The fraction of sp³-hybridized carbons (Fsp3) is 0.375. The van der Waals surface area contributed by atoms with Crippen molar-refractivity contribution in [1.29, 1.82) is 0 Å². The zero-order valence-corrected chi connectivity index (χ0v) is 13.9. The fourth-order valence-electron chi connectivity index (χ4n) is 2.19. The third kappa shape index (κ3) is 4.51. The van der Waals surface area contributed by atoms with E-state index in [0.29, 0.717) is 0 Å². The van der Waals surface area contributed by atoms with Gasteiger partial charge in [-0.25, -0.2) is 9.97 Å². The van der Waals surface area contributed by atoms with Crippen LogP contribution >= 0.6 is 15.9 Å². The topological polar surface area (TPSA) is 47.0 Å². The number of rotatable bonds is 7. The summed E-state index contributed by atoms with van der Waals surface area (Å²) in [7, 11) is 1.69. The van der Waals surface area contributed by atoms with E-state index in [1.807, 2.05) is 18.2 Å². The molecule has 0 spiro atoms. The number of nitrogens with zero attached hydrogens (tertiary/aromatic N) is 2. The monoisotopic (exact) mass is 349 g/mol. The summed E-state index contributed by atoms with van der Waals surface area (Å²) >= 11 is 3.52. The lowest BCUT2D eigenvalue weighted by Gasteiger charge is -2.18. The molecule has 1 aromatic carbocycles. The summed E-state index contributed by atoms with van der Waals surface area (Å²) in [5.41, 5.74) is 1.13. The molecule has 1 heterocycles. The molecule has 0 aliphatic rings. The lowest BCUT2D eigenvalue weighted by molar-refractivity contribution is 0.404. The Labute approximate surface area is 134 Å². The molecule has 0 bridgehead atoms. The Kier molecular flexibility index (Phi) is 6.14. The van der Waals surface area contributed by atoms with Crippen molar-refractivity contribution in [3.05, 3.63) is 52.5 Å². The highest BCUT2D eigenvalue weighted by atomic mass is 79.9. The van der Waals surface area contributed by atoms with Gasteiger partial charge in [0.15, 0.2) is 0 Å². The summed E-state index contributed by atoms with van der Waals surface area (Å²) in [6.45, 7) is 3.08. The molecule has 5 heteroatoms. The van der Waals surface area contributed by atoms with Gasteiger partial charge in [-0.3, -0.25) is 0 Å². The average Bonchev–Trinajstić information content (AvgIpc) is 2.52. The van der Waals surface area contributed by atoms with Crippen molar-refractivity contribution in [2.24, 2.45) is 0 Å². The SMILES string of the molecule is CCCNC(Cc1cc(Br)ccc1OC)c1ncccn1. The highest BCUT2D eigenvalue weighted by Gasteiger charge is 2.16. The van der Waals surface area contributed by atoms with E-state index in [-0.39, 0.29) is 6.04 Å². The quantitative estimate of drug-likeness (QED) is 0.830. The van der Waals surface area contributed by atoms with Crippen molar-refractivity contribution in [1.82, 2.24) is 15.3 Å². The number of ether oxygens (including phenoxy) is 1. The molecular weight excluding hydrogens is 330 g/mol. The van der Waals surface area contributed by atoms with Crippen LogP contribution in [0.25, 0.3) is 0 Å². The van der Waals surface area contributed by atoms with E-state index in [4.69, 9.17) is 4.74 Å². The maximum absolute atomic E-state index is 5.45. The Hall–Kier alpha value is -1.46. The molecule has 0 fully saturated rings. The number of nitrogens with one attached hydrogen (secondary N) is 1. The Bertz CT molecular complexity index is 563. The number of hydrogen-bond acceptors (Lipinski definition) is 4. The van der Waals surface area contributed by atoms with Crippen LogP contribution < -0.4 is 10.1 Å². The molecule has 1 atom stereocenters. The van der Waals surface area contributed by atoms with Gasteiger partial charge >= 0.3 is 0 Å². The second-order valence-corrected chi connectivity index (χ2v) is 5.69. The molecule has 1 N–H and O–H groups in total. The lowest BCUT2D eigenvalue weighted by atomic mass is 10.0. The van der Waals surface area contributed by atoms with E-state index in [9.17, 15) is 0 Å². The molecule has 1 aromatic heterocycles. The Balaban J connectivity index is 2.24. The molecule has 0 amide bonds. The molecule has 0 saturated carbocycles. The number of hydrogen-bond donors (Lipinski definition) is 1. The zero-order chi connectivity index (χ0) is 15.1. The molecule has 0 aliphatic carbocycles. The van der Waals surface area contributed by atoms with Gasteiger partial charge in [0.25, 0.3) is 0 Å². The molecule has 2 aromatic rings. The molecule has 0 radical (unpaired) electrons. The van der Waals surface area contributed by atoms with Crippen molar-refractivity contribution >= 4 is 15.9 Å². The number of halogens is 1. The Morgan fingerprint density at radius 2 is 2.05 bits per heavy atom. The number of methoxy groups -OCH3 is 1. The second kappa shape index (κ2) is 8.10. The zero-order valence-electron chi connectivity index (χ0n) is 12.3. The molecule has 1 unspecified atom stereocenters. The summed E-state index contributed by atoms with van der Waals surface area (Å²) in [4.78, 5) is 8.76. The van der Waals surface area contributed by atoms with Gasteiger partial charge in [0.1, 0.15) is 11.6 Å². The van der Waals surface area contributed by atoms with Crippen LogP contribution in [0.2, 0.25) is 0 Å². The minimum atomic E-state index is 0.0781. The van der Waals surface area contributed by atoms with Crippen molar-refractivity contribution in [2.75, 3.05) is 13.7 Å². The minimum Gasteiger partial charge on any atom is -0.496 e. The van der Waals surface area contributed by atoms with Crippen LogP contribution in [0.5, 0.6) is 5.75 Å². The summed E-state index contributed by atoms with van der Waals surface area (Å²) < 4.78 is 6.50. The van der Waals surface area contributed by atoms with E-state index in [0.717, 1.165) is 41.0 Å². The number of benzene rings is 1. The predicted molar refractivity (Wildman–Crippen MR) is 87.5 cm³/mol. The Morgan fingerprint density at radius 3 is 2.71 bits per heavy atom.